The third kappa shape index (κ3) is 167. The van der Waals surface area contributed by atoms with Gasteiger partial charge in [-0.3, -0.25) is 0 Å². The molecule has 0 radical (unpaired) electrons. The third-order valence-electron chi connectivity index (χ3n) is 0. The van der Waals surface area contributed by atoms with Gasteiger partial charge in [-0.15, -0.1) is 0 Å². The first kappa shape index (κ1) is 17.1. The Morgan fingerprint density at radius 2 is 0.556 bits per heavy atom. The molecule has 0 amide bonds. The van der Waals surface area contributed by atoms with E-state index in [4.69, 9.17) is 20.6 Å². The Kier molecular flexibility index (Phi) is 24.0. The van der Waals surface area contributed by atoms with Crippen molar-refractivity contribution in [2.45, 2.75) is 0 Å². The minimum atomic E-state index is -4.01. The molecular formula is I2O6Ti. The molecule has 0 unspecified atom stereocenters. The molecule has 0 aromatic carbocycles. The second kappa shape index (κ2) is 12.6. The fraction of sp³-hybridized carbons (Fsp3) is 0. The van der Waals surface area contributed by atoms with E-state index in [1.54, 1.807) is 0 Å². The molecule has 0 rings (SSSR count). The molecule has 0 saturated heterocycles. The zero-order valence-electron chi connectivity index (χ0n) is 3.71. The number of halogens is 2. The summed E-state index contributed by atoms with van der Waals surface area (Å²) in [5, 5.41) is 0. The Morgan fingerprint density at radius 3 is 0.556 bits per heavy atom. The quantitative estimate of drug-likeness (QED) is 0.294. The van der Waals surface area contributed by atoms with E-state index >= 15 is 0 Å². The van der Waals surface area contributed by atoms with Crippen LogP contribution in [0.15, 0.2) is 0 Å². The van der Waals surface area contributed by atoms with E-state index in [9.17, 15) is 0 Å². The molecule has 0 aliphatic rings. The van der Waals surface area contributed by atoms with Crippen LogP contribution in [0.1, 0.15) is 0 Å². The number of rotatable bonds is 0. The zero-order valence-corrected chi connectivity index (χ0v) is 9.58. The van der Waals surface area contributed by atoms with Crippen LogP contribution in [0, 0.1) is 0 Å². The predicted molar refractivity (Wildman–Crippen MR) is 0 cm³/mol. The van der Waals surface area contributed by atoms with E-state index in [0.717, 1.165) is 0 Å². The van der Waals surface area contributed by atoms with Gasteiger partial charge in [0.15, 0.2) is 0 Å². The van der Waals surface area contributed by atoms with Gasteiger partial charge in [-0.05, 0) is 0 Å². The molecular weight excluding hydrogens is 398 g/mol. The van der Waals surface area contributed by atoms with Crippen LogP contribution in [0.3, 0.4) is 0 Å². The van der Waals surface area contributed by atoms with Crippen molar-refractivity contribution < 1.29 is 84.5 Å². The monoisotopic (exact) mass is 398 g/mol. The maximum absolute atomic E-state index is 8.57. The fourth-order valence-electron chi connectivity index (χ4n) is 0. The van der Waals surface area contributed by atoms with E-state index in [0.29, 0.717) is 0 Å². The first-order valence-electron chi connectivity index (χ1n) is 0.926. The van der Waals surface area contributed by atoms with Gasteiger partial charge < -0.3 is 20.6 Å². The van der Waals surface area contributed by atoms with Gasteiger partial charge in [-0.25, -0.2) is 0 Å². The maximum Gasteiger partial charge on any atom is 2.00 e. The van der Waals surface area contributed by atoms with Gasteiger partial charge >= 0.3 is 21.7 Å². The predicted octanol–water partition coefficient (Wildman–Crippen LogP) is -13.1. The molecule has 9 heavy (non-hydrogen) atoms. The standard InChI is InChI=1S/2IO3.Ti/c2*2-1(3)4;/q2*-1;+2. The summed E-state index contributed by atoms with van der Waals surface area (Å²) in [5.41, 5.74) is 0. The van der Waals surface area contributed by atoms with Crippen molar-refractivity contribution >= 4 is 0 Å². The molecule has 54 valence electrons. The smallest absolute Gasteiger partial charge is 0.427 e. The summed E-state index contributed by atoms with van der Waals surface area (Å²) in [6.07, 6.45) is 0. The molecule has 0 heterocycles. The van der Waals surface area contributed by atoms with Gasteiger partial charge in [0.1, 0.15) is 0 Å². The van der Waals surface area contributed by atoms with Crippen molar-refractivity contribution in [2.24, 2.45) is 0 Å². The molecule has 0 saturated carbocycles. The van der Waals surface area contributed by atoms with E-state index in [1.807, 2.05) is 0 Å². The molecule has 0 N–H and O–H groups in total. The van der Waals surface area contributed by atoms with Gasteiger partial charge in [0, 0.05) is 0 Å². The van der Waals surface area contributed by atoms with Crippen molar-refractivity contribution in [3.63, 3.8) is 0 Å². The van der Waals surface area contributed by atoms with Crippen molar-refractivity contribution in [3.05, 3.63) is 0 Å². The zero-order chi connectivity index (χ0) is 7.15. The second-order valence-electron chi connectivity index (χ2n) is 0.378. The van der Waals surface area contributed by atoms with Crippen LogP contribution < -0.4 is 62.7 Å². The van der Waals surface area contributed by atoms with Gasteiger partial charge in [-0.2, -0.15) is 0 Å². The van der Waals surface area contributed by atoms with Crippen LogP contribution >= 0.6 is 0 Å². The van der Waals surface area contributed by atoms with E-state index < -0.39 is 42.1 Å². The van der Waals surface area contributed by atoms with Crippen molar-refractivity contribution in [1.29, 1.82) is 0 Å². The molecule has 0 aliphatic carbocycles. The van der Waals surface area contributed by atoms with Crippen molar-refractivity contribution in [3.8, 4) is 0 Å². The Bertz CT molecular complexity index is 26.5. The van der Waals surface area contributed by atoms with Gasteiger partial charge in [-0.1, -0.05) is 0 Å². The average Bonchev–Trinajstić information content (AvgIpc) is 1.25. The molecule has 0 fully saturated rings. The molecule has 0 atom stereocenters. The summed E-state index contributed by atoms with van der Waals surface area (Å²) >= 11 is -8.03. The minimum absolute atomic E-state index is 0. The SMILES string of the molecule is [O-][I+2]([O-])[O-].[O-][I+2]([O-])[O-].[Ti+2]. The molecule has 0 aliphatic heterocycles. The summed E-state index contributed by atoms with van der Waals surface area (Å²) in [6, 6.07) is 0. The van der Waals surface area contributed by atoms with Crippen LogP contribution in [0.5, 0.6) is 0 Å². The van der Waals surface area contributed by atoms with Gasteiger partial charge in [0.2, 0.25) is 0 Å². The topological polar surface area (TPSA) is 138 Å². The van der Waals surface area contributed by atoms with E-state index in [1.165, 1.54) is 0 Å². The fourth-order valence-corrected chi connectivity index (χ4v) is 0. The van der Waals surface area contributed by atoms with Gasteiger partial charge in [0.05, 0.1) is 0 Å². The Labute approximate surface area is 83.5 Å². The summed E-state index contributed by atoms with van der Waals surface area (Å²) in [6.45, 7) is 0. The molecule has 0 aromatic rings. The number of hydrogen-bond donors (Lipinski definition) is 0. The first-order valence-corrected chi connectivity index (χ1v) is 6.21. The Morgan fingerprint density at radius 1 is 0.556 bits per heavy atom. The van der Waals surface area contributed by atoms with Crippen molar-refractivity contribution in [2.75, 3.05) is 0 Å². The largest absolute Gasteiger partial charge is 2.00 e. The summed E-state index contributed by atoms with van der Waals surface area (Å²) in [4.78, 5) is 0. The minimum Gasteiger partial charge on any atom is -0.427 e. The summed E-state index contributed by atoms with van der Waals surface area (Å²) in [7, 11) is 0. The van der Waals surface area contributed by atoms with E-state index in [2.05, 4.69) is 0 Å². The normalized spacial score (nSPS) is 8.00. The van der Waals surface area contributed by atoms with Crippen molar-refractivity contribution in [1.82, 2.24) is 0 Å². The average molecular weight is 398 g/mol. The first-order chi connectivity index (χ1) is 3.46. The molecule has 6 nitrogen and oxygen atoms in total. The summed E-state index contributed by atoms with van der Waals surface area (Å²) < 4.78 is 51.4. The second-order valence-corrected chi connectivity index (χ2v) is 2.54. The van der Waals surface area contributed by atoms with Crippen LogP contribution in [-0.4, -0.2) is 0 Å². The molecule has 0 spiro atoms. The Hall–Kier alpha value is 1.93. The molecule has 0 bridgehead atoms. The van der Waals surface area contributed by atoms with Crippen LogP contribution in [0.2, 0.25) is 0 Å². The third-order valence-corrected chi connectivity index (χ3v) is 0. The maximum atomic E-state index is 8.57. The van der Waals surface area contributed by atoms with Gasteiger partial charge in [0.25, 0.3) is 42.1 Å². The van der Waals surface area contributed by atoms with Crippen LogP contribution in [0.4, 0.5) is 0 Å². The van der Waals surface area contributed by atoms with E-state index in [-0.39, 0.29) is 21.7 Å². The number of hydrogen-bond acceptors (Lipinski definition) is 6. The molecule has 0 aromatic heterocycles. The van der Waals surface area contributed by atoms with Crippen LogP contribution in [-0.2, 0) is 21.7 Å². The summed E-state index contributed by atoms with van der Waals surface area (Å²) in [5.74, 6) is 0. The Balaban J connectivity index is -0.0000000720. The molecule has 9 heteroatoms. The van der Waals surface area contributed by atoms with Crippen LogP contribution in [0.25, 0.3) is 0 Å².